The van der Waals surface area contributed by atoms with Crippen LogP contribution in [0.3, 0.4) is 0 Å². The highest BCUT2D eigenvalue weighted by molar-refractivity contribution is 5.92. The van der Waals surface area contributed by atoms with Crippen molar-refractivity contribution in [3.8, 4) is 0 Å². The van der Waals surface area contributed by atoms with Gasteiger partial charge in [-0.15, -0.1) is 0 Å². The van der Waals surface area contributed by atoms with Crippen LogP contribution in [0.25, 0.3) is 0 Å². The molecule has 0 aliphatic rings. The van der Waals surface area contributed by atoms with E-state index in [4.69, 9.17) is 0 Å². The fourth-order valence-corrected chi connectivity index (χ4v) is 1.59. The van der Waals surface area contributed by atoms with Gasteiger partial charge >= 0.3 is 0 Å². The number of halogens is 1. The second kappa shape index (κ2) is 7.06. The molecule has 0 atom stereocenters. The van der Waals surface area contributed by atoms with Gasteiger partial charge in [0.05, 0.1) is 0 Å². The first-order chi connectivity index (χ1) is 8.54. The van der Waals surface area contributed by atoms with Crippen molar-refractivity contribution in [2.75, 3.05) is 33.7 Å². The number of pyridine rings is 1. The van der Waals surface area contributed by atoms with E-state index in [0.717, 1.165) is 13.0 Å². The molecule has 0 N–H and O–H groups in total. The van der Waals surface area contributed by atoms with E-state index in [1.807, 2.05) is 25.9 Å². The smallest absolute Gasteiger partial charge is 0.272 e. The molecule has 18 heavy (non-hydrogen) atoms. The molecular formula is C13H20FN3O. The monoisotopic (exact) mass is 253 g/mol. The molecule has 1 heterocycles. The highest BCUT2D eigenvalue weighted by atomic mass is 19.1. The second-order valence-corrected chi connectivity index (χ2v) is 4.44. The van der Waals surface area contributed by atoms with Gasteiger partial charge in [0.25, 0.3) is 5.91 Å². The maximum atomic E-state index is 13.0. The maximum Gasteiger partial charge on any atom is 0.272 e. The summed E-state index contributed by atoms with van der Waals surface area (Å²) < 4.78 is 13.0. The number of nitrogens with zero attached hydrogens (tertiary/aromatic N) is 3. The van der Waals surface area contributed by atoms with E-state index in [0.29, 0.717) is 13.1 Å². The Balaban J connectivity index is 2.75. The lowest BCUT2D eigenvalue weighted by molar-refractivity contribution is 0.0738. The zero-order chi connectivity index (χ0) is 13.5. The summed E-state index contributed by atoms with van der Waals surface area (Å²) in [4.78, 5) is 19.5. The summed E-state index contributed by atoms with van der Waals surface area (Å²) in [6.45, 7) is 4.07. The number of carbonyl (C=O) groups excluding carboxylic acids is 1. The average Bonchev–Trinajstić information content (AvgIpc) is 2.33. The molecule has 0 saturated heterocycles. The van der Waals surface area contributed by atoms with Gasteiger partial charge in [0.2, 0.25) is 5.95 Å². The van der Waals surface area contributed by atoms with E-state index in [2.05, 4.69) is 4.98 Å². The molecule has 1 rings (SSSR count). The summed E-state index contributed by atoms with van der Waals surface area (Å²) in [7, 11) is 3.91. The Morgan fingerprint density at radius 1 is 1.28 bits per heavy atom. The zero-order valence-electron chi connectivity index (χ0n) is 11.2. The van der Waals surface area contributed by atoms with E-state index in [1.165, 1.54) is 12.1 Å². The molecule has 0 saturated carbocycles. The Morgan fingerprint density at radius 2 is 2.00 bits per heavy atom. The van der Waals surface area contributed by atoms with Gasteiger partial charge in [-0.05, 0) is 32.6 Å². The van der Waals surface area contributed by atoms with Gasteiger partial charge in [0.15, 0.2) is 0 Å². The summed E-state index contributed by atoms with van der Waals surface area (Å²) >= 11 is 0. The van der Waals surface area contributed by atoms with Gasteiger partial charge in [-0.2, -0.15) is 4.39 Å². The average molecular weight is 253 g/mol. The van der Waals surface area contributed by atoms with Gasteiger partial charge in [0, 0.05) is 19.6 Å². The highest BCUT2D eigenvalue weighted by Crippen LogP contribution is 2.04. The van der Waals surface area contributed by atoms with Crippen molar-refractivity contribution in [1.82, 2.24) is 14.8 Å². The minimum absolute atomic E-state index is 0.169. The van der Waals surface area contributed by atoms with E-state index in [9.17, 15) is 9.18 Å². The predicted molar refractivity (Wildman–Crippen MR) is 68.9 cm³/mol. The van der Waals surface area contributed by atoms with E-state index >= 15 is 0 Å². The Labute approximate surface area is 107 Å². The van der Waals surface area contributed by atoms with Crippen molar-refractivity contribution in [3.63, 3.8) is 0 Å². The van der Waals surface area contributed by atoms with Crippen molar-refractivity contribution in [1.29, 1.82) is 0 Å². The fourth-order valence-electron chi connectivity index (χ4n) is 1.59. The molecule has 0 aliphatic carbocycles. The highest BCUT2D eigenvalue weighted by Gasteiger charge is 2.16. The molecule has 0 aliphatic heterocycles. The third kappa shape index (κ3) is 4.41. The largest absolute Gasteiger partial charge is 0.336 e. The number of amides is 1. The molecule has 1 aromatic rings. The zero-order valence-corrected chi connectivity index (χ0v) is 11.2. The van der Waals surface area contributed by atoms with Gasteiger partial charge in [-0.3, -0.25) is 4.79 Å². The molecule has 1 amide bonds. The van der Waals surface area contributed by atoms with Crippen LogP contribution in [0.15, 0.2) is 18.2 Å². The molecule has 0 spiro atoms. The Morgan fingerprint density at radius 3 is 2.56 bits per heavy atom. The first-order valence-corrected chi connectivity index (χ1v) is 6.11. The summed E-state index contributed by atoms with van der Waals surface area (Å²) in [6.07, 6.45) is 0.870. The van der Waals surface area contributed by atoms with Gasteiger partial charge in [0.1, 0.15) is 5.69 Å². The van der Waals surface area contributed by atoms with Crippen LogP contribution in [-0.4, -0.2) is 54.4 Å². The number of hydrogen-bond acceptors (Lipinski definition) is 3. The molecule has 0 fully saturated rings. The standard InChI is InChI=1S/C13H20FN3O/c1-4-8-17(10-9-16(2)3)13(18)11-6-5-7-12(14)15-11/h5-7H,4,8-10H2,1-3H3. The normalized spacial score (nSPS) is 10.7. The number of likely N-dealkylation sites (N-methyl/N-ethyl adjacent to an activating group) is 1. The summed E-state index contributed by atoms with van der Waals surface area (Å²) in [5.41, 5.74) is 0.169. The molecule has 5 heteroatoms. The quantitative estimate of drug-likeness (QED) is 0.723. The fraction of sp³-hybridized carbons (Fsp3) is 0.538. The van der Waals surface area contributed by atoms with Crippen LogP contribution < -0.4 is 0 Å². The number of carbonyl (C=O) groups is 1. The van der Waals surface area contributed by atoms with E-state index < -0.39 is 5.95 Å². The summed E-state index contributed by atoms with van der Waals surface area (Å²) in [5.74, 6) is -0.830. The third-order valence-electron chi connectivity index (χ3n) is 2.53. The van der Waals surface area contributed by atoms with Crippen LogP contribution in [0.5, 0.6) is 0 Å². The molecule has 0 bridgehead atoms. The van der Waals surface area contributed by atoms with Gasteiger partial charge < -0.3 is 9.80 Å². The summed E-state index contributed by atoms with van der Waals surface area (Å²) in [6, 6.07) is 4.29. The van der Waals surface area contributed by atoms with Crippen molar-refractivity contribution < 1.29 is 9.18 Å². The maximum absolute atomic E-state index is 13.0. The van der Waals surface area contributed by atoms with Crippen molar-refractivity contribution in [2.45, 2.75) is 13.3 Å². The molecule has 0 radical (unpaired) electrons. The number of rotatable bonds is 6. The SMILES string of the molecule is CCCN(CCN(C)C)C(=O)c1cccc(F)n1. The first-order valence-electron chi connectivity index (χ1n) is 6.11. The minimum Gasteiger partial charge on any atom is -0.336 e. The molecule has 1 aromatic heterocycles. The molecule has 0 unspecified atom stereocenters. The Bertz CT molecular complexity index is 396. The first kappa shape index (κ1) is 14.6. The van der Waals surface area contributed by atoms with E-state index in [-0.39, 0.29) is 11.6 Å². The van der Waals surface area contributed by atoms with Crippen molar-refractivity contribution >= 4 is 5.91 Å². The molecule has 100 valence electrons. The molecule has 0 aromatic carbocycles. The van der Waals surface area contributed by atoms with Crippen LogP contribution in [0.2, 0.25) is 0 Å². The lowest BCUT2D eigenvalue weighted by Gasteiger charge is -2.23. The topological polar surface area (TPSA) is 36.4 Å². The molecule has 4 nitrogen and oxygen atoms in total. The Kier molecular flexibility index (Phi) is 5.71. The predicted octanol–water partition coefficient (Wildman–Crippen LogP) is 1.63. The van der Waals surface area contributed by atoms with Crippen LogP contribution in [-0.2, 0) is 0 Å². The third-order valence-corrected chi connectivity index (χ3v) is 2.53. The number of aromatic nitrogens is 1. The van der Waals surface area contributed by atoms with Gasteiger partial charge in [-0.1, -0.05) is 13.0 Å². The molecular weight excluding hydrogens is 233 g/mol. The van der Waals surface area contributed by atoms with E-state index in [1.54, 1.807) is 11.0 Å². The van der Waals surface area contributed by atoms with Crippen LogP contribution >= 0.6 is 0 Å². The second-order valence-electron chi connectivity index (χ2n) is 4.44. The van der Waals surface area contributed by atoms with Crippen LogP contribution in [0.1, 0.15) is 23.8 Å². The van der Waals surface area contributed by atoms with Crippen LogP contribution in [0.4, 0.5) is 4.39 Å². The minimum atomic E-state index is -0.620. The number of hydrogen-bond donors (Lipinski definition) is 0. The Hall–Kier alpha value is -1.49. The lowest BCUT2D eigenvalue weighted by atomic mass is 10.3. The van der Waals surface area contributed by atoms with Gasteiger partial charge in [-0.25, -0.2) is 4.98 Å². The van der Waals surface area contributed by atoms with Crippen molar-refractivity contribution in [2.24, 2.45) is 0 Å². The van der Waals surface area contributed by atoms with Crippen molar-refractivity contribution in [3.05, 3.63) is 29.8 Å². The summed E-state index contributed by atoms with van der Waals surface area (Å²) in [5, 5.41) is 0. The van der Waals surface area contributed by atoms with Crippen LogP contribution in [0, 0.1) is 5.95 Å². The lowest BCUT2D eigenvalue weighted by Crippen LogP contribution is -2.37.